The van der Waals surface area contributed by atoms with E-state index in [0.717, 1.165) is 10.2 Å². The van der Waals surface area contributed by atoms with Gasteiger partial charge in [0, 0.05) is 12.6 Å². The number of rotatable bonds is 3. The first-order valence-corrected chi connectivity index (χ1v) is 9.47. The lowest BCUT2D eigenvalue weighted by Gasteiger charge is -2.06. The Kier molecular flexibility index (Phi) is 4.79. The van der Waals surface area contributed by atoms with Crippen molar-refractivity contribution in [3.8, 4) is 11.5 Å². The van der Waals surface area contributed by atoms with Gasteiger partial charge in [-0.15, -0.1) is 0 Å². The van der Waals surface area contributed by atoms with Crippen molar-refractivity contribution in [2.24, 2.45) is 12.0 Å². The number of halogens is 1. The third-order valence-electron chi connectivity index (χ3n) is 4.03. The van der Waals surface area contributed by atoms with Gasteiger partial charge in [0.05, 0.1) is 15.2 Å². The van der Waals surface area contributed by atoms with E-state index in [4.69, 9.17) is 16.3 Å². The standard InChI is InChI=1S/C21H15ClN2O2S/c1-24-19-17(22)11-6-12-18(19)27-21(24)23-20(25)14-7-5-10-16(13-14)26-15-8-3-2-4-9-15/h2-13H,1H3. The van der Waals surface area contributed by atoms with E-state index in [2.05, 4.69) is 4.99 Å². The van der Waals surface area contributed by atoms with Crippen molar-refractivity contribution in [2.45, 2.75) is 0 Å². The van der Waals surface area contributed by atoms with Crippen LogP contribution in [-0.4, -0.2) is 10.5 Å². The summed E-state index contributed by atoms with van der Waals surface area (Å²) in [6.07, 6.45) is 0. The Labute approximate surface area is 165 Å². The summed E-state index contributed by atoms with van der Waals surface area (Å²) in [5, 5.41) is 0.637. The van der Waals surface area contributed by atoms with Crippen LogP contribution in [0.2, 0.25) is 5.02 Å². The molecular formula is C21H15ClN2O2S. The highest BCUT2D eigenvalue weighted by Gasteiger charge is 2.10. The van der Waals surface area contributed by atoms with Crippen LogP contribution < -0.4 is 9.54 Å². The Morgan fingerprint density at radius 3 is 2.52 bits per heavy atom. The van der Waals surface area contributed by atoms with Gasteiger partial charge in [0.1, 0.15) is 11.5 Å². The highest BCUT2D eigenvalue weighted by atomic mass is 35.5. The average molecular weight is 395 g/mol. The molecule has 0 aliphatic heterocycles. The fraction of sp³-hybridized carbons (Fsp3) is 0.0476. The first-order chi connectivity index (χ1) is 13.1. The molecule has 0 spiro atoms. The molecule has 4 rings (SSSR count). The summed E-state index contributed by atoms with van der Waals surface area (Å²) in [6.45, 7) is 0. The molecule has 134 valence electrons. The SMILES string of the molecule is Cn1c(=NC(=O)c2cccc(Oc3ccccc3)c2)sc2cccc(Cl)c21. The van der Waals surface area contributed by atoms with Crippen LogP contribution in [0.15, 0.2) is 77.8 Å². The van der Waals surface area contributed by atoms with Crippen molar-refractivity contribution in [3.05, 3.63) is 88.2 Å². The molecule has 1 amide bonds. The molecule has 0 unspecified atom stereocenters. The second kappa shape index (κ2) is 7.39. The molecule has 0 N–H and O–H groups in total. The molecule has 0 radical (unpaired) electrons. The minimum absolute atomic E-state index is 0.327. The minimum Gasteiger partial charge on any atom is -0.457 e. The number of aryl methyl sites for hydroxylation is 1. The van der Waals surface area contributed by atoms with Gasteiger partial charge in [0.15, 0.2) is 4.80 Å². The van der Waals surface area contributed by atoms with E-state index < -0.39 is 0 Å². The zero-order valence-corrected chi connectivity index (χ0v) is 16.0. The molecule has 3 aromatic carbocycles. The van der Waals surface area contributed by atoms with Crippen molar-refractivity contribution >= 4 is 39.1 Å². The number of aromatic nitrogens is 1. The minimum atomic E-state index is -0.327. The topological polar surface area (TPSA) is 43.6 Å². The second-order valence-corrected chi connectivity index (χ2v) is 7.31. The van der Waals surface area contributed by atoms with Crippen LogP contribution in [0.3, 0.4) is 0 Å². The second-order valence-electron chi connectivity index (χ2n) is 5.89. The number of para-hydroxylation sites is 2. The smallest absolute Gasteiger partial charge is 0.279 e. The highest BCUT2D eigenvalue weighted by molar-refractivity contribution is 7.16. The Morgan fingerprint density at radius 2 is 1.74 bits per heavy atom. The van der Waals surface area contributed by atoms with Crippen molar-refractivity contribution < 1.29 is 9.53 Å². The number of amides is 1. The van der Waals surface area contributed by atoms with Gasteiger partial charge in [-0.05, 0) is 42.5 Å². The van der Waals surface area contributed by atoms with Crippen LogP contribution >= 0.6 is 22.9 Å². The van der Waals surface area contributed by atoms with Crippen molar-refractivity contribution in [2.75, 3.05) is 0 Å². The van der Waals surface area contributed by atoms with Crippen LogP contribution in [0.4, 0.5) is 0 Å². The summed E-state index contributed by atoms with van der Waals surface area (Å²) in [4.78, 5) is 17.5. The molecular weight excluding hydrogens is 380 g/mol. The summed E-state index contributed by atoms with van der Waals surface area (Å²) >= 11 is 7.70. The number of ether oxygens (including phenoxy) is 1. The van der Waals surface area contributed by atoms with Gasteiger partial charge in [-0.2, -0.15) is 4.99 Å². The number of thiazole rings is 1. The van der Waals surface area contributed by atoms with Gasteiger partial charge < -0.3 is 9.30 Å². The fourth-order valence-corrected chi connectivity index (χ4v) is 4.13. The molecule has 0 fully saturated rings. The summed E-state index contributed by atoms with van der Waals surface area (Å²) in [7, 11) is 1.85. The molecule has 4 nitrogen and oxygen atoms in total. The predicted molar refractivity (Wildman–Crippen MR) is 109 cm³/mol. The third kappa shape index (κ3) is 3.65. The van der Waals surface area contributed by atoms with E-state index in [1.54, 1.807) is 18.2 Å². The lowest BCUT2D eigenvalue weighted by molar-refractivity contribution is 0.0997. The lowest BCUT2D eigenvalue weighted by Crippen LogP contribution is -2.13. The average Bonchev–Trinajstić information content (AvgIpc) is 2.99. The van der Waals surface area contributed by atoms with Gasteiger partial charge in [-0.3, -0.25) is 4.79 Å². The molecule has 1 aromatic heterocycles. The van der Waals surface area contributed by atoms with E-state index in [-0.39, 0.29) is 5.91 Å². The van der Waals surface area contributed by atoms with Crippen LogP contribution in [0.25, 0.3) is 10.2 Å². The van der Waals surface area contributed by atoms with E-state index in [1.165, 1.54) is 11.3 Å². The van der Waals surface area contributed by atoms with Gasteiger partial charge in [0.2, 0.25) is 0 Å². The van der Waals surface area contributed by atoms with Gasteiger partial charge in [-0.25, -0.2) is 0 Å². The molecule has 0 aliphatic carbocycles. The van der Waals surface area contributed by atoms with Gasteiger partial charge in [-0.1, -0.05) is 53.3 Å². The van der Waals surface area contributed by atoms with Crippen LogP contribution in [0, 0.1) is 0 Å². The summed E-state index contributed by atoms with van der Waals surface area (Å²) in [5.74, 6) is 0.974. The monoisotopic (exact) mass is 394 g/mol. The number of fused-ring (bicyclic) bond motifs is 1. The Bertz CT molecular complexity index is 1200. The first kappa shape index (κ1) is 17.5. The highest BCUT2D eigenvalue weighted by Crippen LogP contribution is 2.25. The van der Waals surface area contributed by atoms with E-state index in [0.29, 0.717) is 26.9 Å². The van der Waals surface area contributed by atoms with Crippen molar-refractivity contribution in [1.82, 2.24) is 4.57 Å². The maximum Gasteiger partial charge on any atom is 0.279 e. The molecule has 1 heterocycles. The maximum absolute atomic E-state index is 12.7. The number of hydrogen-bond acceptors (Lipinski definition) is 3. The fourth-order valence-electron chi connectivity index (χ4n) is 2.73. The van der Waals surface area contributed by atoms with Gasteiger partial charge in [0.25, 0.3) is 5.91 Å². The molecule has 0 atom stereocenters. The van der Waals surface area contributed by atoms with Crippen molar-refractivity contribution in [3.63, 3.8) is 0 Å². The summed E-state index contributed by atoms with van der Waals surface area (Å²) in [6, 6.07) is 22.1. The first-order valence-electron chi connectivity index (χ1n) is 8.28. The van der Waals surface area contributed by atoms with E-state index >= 15 is 0 Å². The Hall–Kier alpha value is -2.89. The number of carbonyl (C=O) groups is 1. The van der Waals surface area contributed by atoms with Crippen LogP contribution in [-0.2, 0) is 7.05 Å². The van der Waals surface area contributed by atoms with Crippen LogP contribution in [0.1, 0.15) is 10.4 Å². The quantitative estimate of drug-likeness (QED) is 0.465. The molecule has 6 heteroatoms. The number of nitrogens with zero attached hydrogens (tertiary/aromatic N) is 2. The molecule has 4 aromatic rings. The van der Waals surface area contributed by atoms with E-state index in [1.807, 2.05) is 66.2 Å². The van der Waals surface area contributed by atoms with Crippen molar-refractivity contribution in [1.29, 1.82) is 0 Å². The Morgan fingerprint density at radius 1 is 1.00 bits per heavy atom. The lowest BCUT2D eigenvalue weighted by atomic mass is 10.2. The normalized spacial score (nSPS) is 11.7. The summed E-state index contributed by atoms with van der Waals surface area (Å²) in [5.41, 5.74) is 1.34. The zero-order valence-electron chi connectivity index (χ0n) is 14.4. The van der Waals surface area contributed by atoms with Crippen LogP contribution in [0.5, 0.6) is 11.5 Å². The number of carbonyl (C=O) groups excluding carboxylic acids is 1. The zero-order chi connectivity index (χ0) is 18.8. The largest absolute Gasteiger partial charge is 0.457 e. The van der Waals surface area contributed by atoms with E-state index in [9.17, 15) is 4.79 Å². The predicted octanol–water partition coefficient (Wildman–Crippen LogP) is 5.43. The third-order valence-corrected chi connectivity index (χ3v) is 5.43. The summed E-state index contributed by atoms with van der Waals surface area (Å²) < 4.78 is 8.61. The molecule has 0 saturated carbocycles. The maximum atomic E-state index is 12.7. The molecule has 0 bridgehead atoms. The molecule has 0 saturated heterocycles. The van der Waals surface area contributed by atoms with Gasteiger partial charge >= 0.3 is 0 Å². The molecule has 0 aliphatic rings. The number of benzene rings is 3. The number of hydrogen-bond donors (Lipinski definition) is 0. The Balaban J connectivity index is 1.68. The molecule has 27 heavy (non-hydrogen) atoms.